The van der Waals surface area contributed by atoms with Crippen LogP contribution in [0.2, 0.25) is 0 Å². The molecule has 1 N–H and O–H groups in total. The molecule has 1 aliphatic heterocycles. The lowest BCUT2D eigenvalue weighted by Gasteiger charge is -2.36. The minimum Gasteiger partial charge on any atom is -0.314 e. The number of aryl methyl sites for hydroxylation is 2. The van der Waals surface area contributed by atoms with Crippen molar-refractivity contribution in [2.45, 2.75) is 19.9 Å². The van der Waals surface area contributed by atoms with Crippen LogP contribution in [0.3, 0.4) is 0 Å². The first-order valence-electron chi connectivity index (χ1n) is 7.99. The van der Waals surface area contributed by atoms with Crippen molar-refractivity contribution in [3.8, 4) is 11.3 Å². The fourth-order valence-corrected chi connectivity index (χ4v) is 3.45. The first-order chi connectivity index (χ1) is 12.1. The van der Waals surface area contributed by atoms with Crippen molar-refractivity contribution in [2.75, 3.05) is 25.2 Å². The molecule has 0 unspecified atom stereocenters. The number of hydrogen-bond donors (Lipinski definition) is 1. The lowest BCUT2D eigenvalue weighted by atomic mass is 10.1. The van der Waals surface area contributed by atoms with Crippen LogP contribution in [-0.4, -0.2) is 48.9 Å². The van der Waals surface area contributed by atoms with E-state index in [1.165, 1.54) is 11.5 Å². The van der Waals surface area contributed by atoms with Gasteiger partial charge in [-0.15, -0.1) is 0 Å². The zero-order valence-corrected chi connectivity index (χ0v) is 14.8. The fourth-order valence-electron chi connectivity index (χ4n) is 2.79. The molecular formula is C16H18FN7S. The molecule has 1 saturated heterocycles. The Hall–Kier alpha value is -2.39. The van der Waals surface area contributed by atoms with E-state index in [0.717, 1.165) is 27.5 Å². The summed E-state index contributed by atoms with van der Waals surface area (Å²) in [4.78, 5) is 10.7. The largest absolute Gasteiger partial charge is 0.314 e. The number of anilines is 2. The summed E-state index contributed by atoms with van der Waals surface area (Å²) in [7, 11) is 0. The van der Waals surface area contributed by atoms with Gasteiger partial charge in [0.15, 0.2) is 0 Å². The van der Waals surface area contributed by atoms with Gasteiger partial charge in [-0.05, 0) is 37.0 Å². The van der Waals surface area contributed by atoms with Gasteiger partial charge in [0.1, 0.15) is 11.8 Å². The summed E-state index contributed by atoms with van der Waals surface area (Å²) in [6, 6.07) is 2.18. The van der Waals surface area contributed by atoms with Gasteiger partial charge < -0.3 is 5.32 Å². The van der Waals surface area contributed by atoms with Crippen molar-refractivity contribution >= 4 is 22.5 Å². The van der Waals surface area contributed by atoms with Crippen molar-refractivity contribution in [1.29, 1.82) is 0 Å². The van der Waals surface area contributed by atoms with Gasteiger partial charge in [-0.1, -0.05) is 0 Å². The number of nitrogens with zero attached hydrogens (tertiary/aromatic N) is 6. The third-order valence-corrected chi connectivity index (χ3v) is 4.99. The van der Waals surface area contributed by atoms with Gasteiger partial charge in [0.2, 0.25) is 5.95 Å². The molecule has 1 aliphatic rings. The average Bonchev–Trinajstić information content (AvgIpc) is 3.18. The van der Waals surface area contributed by atoms with Crippen molar-refractivity contribution < 1.29 is 4.39 Å². The highest BCUT2D eigenvalue weighted by Gasteiger charge is 2.28. The summed E-state index contributed by atoms with van der Waals surface area (Å²) in [5.74, 6) is 0.532. The number of likely N-dealkylation sites (tertiary alicyclic amines) is 1. The molecular weight excluding hydrogens is 341 g/mol. The summed E-state index contributed by atoms with van der Waals surface area (Å²) in [5.41, 5.74) is 3.71. The summed E-state index contributed by atoms with van der Waals surface area (Å²) in [6.45, 7) is 4.90. The van der Waals surface area contributed by atoms with Crippen LogP contribution < -0.4 is 5.32 Å². The number of rotatable bonds is 5. The highest BCUT2D eigenvalue weighted by Crippen LogP contribution is 2.27. The maximum atomic E-state index is 12.5. The molecule has 0 atom stereocenters. The Labute approximate surface area is 148 Å². The van der Waals surface area contributed by atoms with Crippen LogP contribution in [0.1, 0.15) is 17.3 Å². The molecule has 130 valence electrons. The van der Waals surface area contributed by atoms with E-state index in [1.807, 2.05) is 30.8 Å². The minimum atomic E-state index is -0.401. The molecule has 3 aromatic rings. The predicted octanol–water partition coefficient (Wildman–Crippen LogP) is 2.94. The van der Waals surface area contributed by atoms with E-state index < -0.39 is 6.80 Å². The molecule has 0 aliphatic carbocycles. The van der Waals surface area contributed by atoms with Crippen molar-refractivity contribution in [3.63, 3.8) is 0 Å². The van der Waals surface area contributed by atoms with E-state index in [9.17, 15) is 4.39 Å². The van der Waals surface area contributed by atoms with E-state index in [2.05, 4.69) is 24.8 Å². The Morgan fingerprint density at radius 2 is 2.16 bits per heavy atom. The fraction of sp³-hybridized carbons (Fsp3) is 0.375. The Bertz CT molecular complexity index is 884. The lowest BCUT2D eigenvalue weighted by Crippen LogP contribution is -2.47. The Balaban J connectivity index is 1.55. The van der Waals surface area contributed by atoms with Gasteiger partial charge in [-0.25, -0.2) is 14.4 Å². The van der Waals surface area contributed by atoms with Gasteiger partial charge >= 0.3 is 0 Å². The molecule has 4 heterocycles. The van der Waals surface area contributed by atoms with Crippen molar-refractivity contribution in [1.82, 2.24) is 29.0 Å². The zero-order chi connectivity index (χ0) is 17.4. The normalized spacial score (nSPS) is 15.3. The van der Waals surface area contributed by atoms with Gasteiger partial charge in [-0.2, -0.15) is 9.47 Å². The van der Waals surface area contributed by atoms with Crippen LogP contribution in [0.4, 0.5) is 15.3 Å². The average molecular weight is 359 g/mol. The summed E-state index contributed by atoms with van der Waals surface area (Å²) >= 11 is 1.38. The van der Waals surface area contributed by atoms with Crippen LogP contribution in [-0.2, 0) is 0 Å². The molecule has 7 nitrogen and oxygen atoms in total. The highest BCUT2D eigenvalue weighted by atomic mass is 32.1. The third kappa shape index (κ3) is 3.24. The topological polar surface area (TPSA) is 71.8 Å². The van der Waals surface area contributed by atoms with Gasteiger partial charge in [0.05, 0.1) is 23.6 Å². The van der Waals surface area contributed by atoms with Crippen LogP contribution in [0.15, 0.2) is 24.7 Å². The van der Waals surface area contributed by atoms with Gasteiger partial charge in [0.25, 0.3) is 0 Å². The Kier molecular flexibility index (Phi) is 4.18. The molecule has 0 bridgehead atoms. The maximum Gasteiger partial charge on any atom is 0.228 e. The number of halogens is 1. The molecule has 0 spiro atoms. The molecule has 3 aromatic heterocycles. The van der Waals surface area contributed by atoms with E-state index in [-0.39, 0.29) is 6.04 Å². The third-order valence-electron chi connectivity index (χ3n) is 4.19. The van der Waals surface area contributed by atoms with Crippen molar-refractivity contribution in [2.24, 2.45) is 0 Å². The zero-order valence-electron chi connectivity index (χ0n) is 14.0. The smallest absolute Gasteiger partial charge is 0.228 e. The van der Waals surface area contributed by atoms with Gasteiger partial charge in [-0.3, -0.25) is 9.58 Å². The summed E-state index contributed by atoms with van der Waals surface area (Å²) < 4.78 is 18.7. The van der Waals surface area contributed by atoms with E-state index in [0.29, 0.717) is 19.0 Å². The molecule has 0 saturated carbocycles. The van der Waals surface area contributed by atoms with Crippen molar-refractivity contribution in [3.05, 3.63) is 35.9 Å². The lowest BCUT2D eigenvalue weighted by molar-refractivity contribution is 0.0552. The monoisotopic (exact) mass is 359 g/mol. The molecule has 0 aromatic carbocycles. The number of aromatic nitrogens is 5. The van der Waals surface area contributed by atoms with Crippen LogP contribution in [0.5, 0.6) is 0 Å². The molecule has 0 radical (unpaired) electrons. The quantitative estimate of drug-likeness (QED) is 0.706. The van der Waals surface area contributed by atoms with E-state index >= 15 is 0 Å². The second-order valence-electron chi connectivity index (χ2n) is 6.20. The molecule has 0 amide bonds. The second-order valence-corrected chi connectivity index (χ2v) is 7.01. The van der Waals surface area contributed by atoms with Gasteiger partial charge in [0, 0.05) is 31.0 Å². The number of alkyl halides is 1. The Morgan fingerprint density at radius 3 is 2.88 bits per heavy atom. The second kappa shape index (κ2) is 6.49. The highest BCUT2D eigenvalue weighted by molar-refractivity contribution is 7.10. The van der Waals surface area contributed by atoms with Crippen LogP contribution in [0, 0.1) is 13.8 Å². The summed E-state index contributed by atoms with van der Waals surface area (Å²) in [5, 5.41) is 8.51. The standard InChI is InChI=1S/C16H18FN7S/c1-10-4-18-16(20-14-3-11(2)22-25-14)21-15(10)12-5-19-24(6-12)13-7-23(8-13)9-17/h3-6,13H,7-9H2,1-2H3,(H,18,20,21). The summed E-state index contributed by atoms with van der Waals surface area (Å²) in [6.07, 6.45) is 5.56. The minimum absolute atomic E-state index is 0.226. The van der Waals surface area contributed by atoms with E-state index in [1.54, 1.807) is 17.3 Å². The maximum absolute atomic E-state index is 12.5. The molecule has 1 fully saturated rings. The van der Waals surface area contributed by atoms with Crippen LogP contribution in [0.25, 0.3) is 11.3 Å². The molecule has 25 heavy (non-hydrogen) atoms. The van der Waals surface area contributed by atoms with E-state index in [4.69, 9.17) is 0 Å². The molecule has 9 heteroatoms. The van der Waals surface area contributed by atoms with Crippen LogP contribution >= 0.6 is 11.5 Å². The predicted molar refractivity (Wildman–Crippen MR) is 94.7 cm³/mol. The number of nitrogens with one attached hydrogen (secondary N) is 1. The number of hydrogen-bond acceptors (Lipinski definition) is 7. The molecule has 4 rings (SSSR count). The SMILES string of the molecule is Cc1cc(Nc2ncc(C)c(-c3cnn(C4CN(CF)C4)c3)n2)sn1. The Morgan fingerprint density at radius 1 is 1.32 bits per heavy atom. The first kappa shape index (κ1) is 16.1. The first-order valence-corrected chi connectivity index (χ1v) is 8.76.